The Hall–Kier alpha value is -0.260. The minimum absolute atomic E-state index is 0.0712. The third-order valence-corrected chi connectivity index (χ3v) is 3.31. The van der Waals surface area contributed by atoms with Gasteiger partial charge in [-0.2, -0.15) is 0 Å². The fourth-order valence-corrected chi connectivity index (χ4v) is 2.26. The lowest BCUT2D eigenvalue weighted by Crippen LogP contribution is -2.46. The van der Waals surface area contributed by atoms with Crippen molar-refractivity contribution < 1.29 is 9.53 Å². The Bertz CT molecular complexity index is 177. The molecule has 14 heavy (non-hydrogen) atoms. The molecule has 1 heterocycles. The number of nitrogens with two attached hydrogens (primary N) is 1. The van der Waals surface area contributed by atoms with Gasteiger partial charge in [-0.25, -0.2) is 0 Å². The van der Waals surface area contributed by atoms with Crippen molar-refractivity contribution in [1.82, 2.24) is 4.90 Å². The van der Waals surface area contributed by atoms with E-state index in [1.165, 1.54) is 0 Å². The molecule has 5 heteroatoms. The summed E-state index contributed by atoms with van der Waals surface area (Å²) < 4.78 is 5.19. The molecule has 0 spiro atoms. The van der Waals surface area contributed by atoms with Crippen molar-refractivity contribution in [2.75, 3.05) is 38.6 Å². The van der Waals surface area contributed by atoms with Crippen LogP contribution in [0.15, 0.2) is 0 Å². The van der Waals surface area contributed by atoms with Crippen LogP contribution < -0.4 is 5.73 Å². The second-order valence-electron chi connectivity index (χ2n) is 3.12. The molecule has 2 N–H and O–H groups in total. The molecule has 4 nitrogen and oxygen atoms in total. The van der Waals surface area contributed by atoms with Crippen molar-refractivity contribution in [3.8, 4) is 0 Å². The smallest absolute Gasteiger partial charge is 0.237 e. The van der Waals surface area contributed by atoms with E-state index in [4.69, 9.17) is 10.5 Å². The maximum atomic E-state index is 11.9. The summed E-state index contributed by atoms with van der Waals surface area (Å²) in [6.07, 6.45) is 0. The average Bonchev–Trinajstić information content (AvgIpc) is 2.26. The lowest BCUT2D eigenvalue weighted by molar-refractivity contribution is -0.134. The van der Waals surface area contributed by atoms with Gasteiger partial charge in [0.25, 0.3) is 0 Å². The van der Waals surface area contributed by atoms with E-state index in [-0.39, 0.29) is 11.2 Å². The highest BCUT2D eigenvalue weighted by Gasteiger charge is 2.24. The molecule has 0 radical (unpaired) electrons. The summed E-state index contributed by atoms with van der Waals surface area (Å²) in [4.78, 5) is 13.7. The maximum absolute atomic E-state index is 11.9. The molecule has 0 aliphatic carbocycles. The van der Waals surface area contributed by atoms with E-state index in [2.05, 4.69) is 0 Å². The number of hydrogen-bond donors (Lipinski definition) is 1. The predicted octanol–water partition coefficient (Wildman–Crippen LogP) is -0.0744. The van der Waals surface area contributed by atoms with Gasteiger partial charge in [-0.05, 0) is 5.75 Å². The predicted molar refractivity (Wildman–Crippen MR) is 58.4 cm³/mol. The first kappa shape index (κ1) is 11.8. The van der Waals surface area contributed by atoms with Crippen LogP contribution in [0, 0.1) is 0 Å². The van der Waals surface area contributed by atoms with Gasteiger partial charge in [-0.1, -0.05) is 6.92 Å². The van der Waals surface area contributed by atoms with Gasteiger partial charge in [0.2, 0.25) is 5.91 Å². The zero-order valence-electron chi connectivity index (χ0n) is 8.57. The summed E-state index contributed by atoms with van der Waals surface area (Å²) in [5, 5.41) is -0.0712. The molecule has 1 fully saturated rings. The molecule has 0 aromatic heterocycles. The first-order chi connectivity index (χ1) is 6.79. The number of carbonyl (C=O) groups excluding carboxylic acids is 1. The van der Waals surface area contributed by atoms with Crippen molar-refractivity contribution >= 4 is 17.7 Å². The fraction of sp³-hybridized carbons (Fsp3) is 0.889. The summed E-state index contributed by atoms with van der Waals surface area (Å²) in [6, 6.07) is 0. The molecule has 0 saturated carbocycles. The lowest BCUT2D eigenvalue weighted by Gasteiger charge is -2.29. The van der Waals surface area contributed by atoms with Gasteiger partial charge in [0.05, 0.1) is 18.5 Å². The van der Waals surface area contributed by atoms with Crippen LogP contribution >= 0.6 is 11.8 Å². The molecule has 0 bridgehead atoms. The van der Waals surface area contributed by atoms with Crippen LogP contribution in [0.2, 0.25) is 0 Å². The quantitative estimate of drug-likeness (QED) is 0.717. The van der Waals surface area contributed by atoms with Gasteiger partial charge in [0.15, 0.2) is 0 Å². The van der Waals surface area contributed by atoms with Crippen molar-refractivity contribution in [2.45, 2.75) is 12.2 Å². The second-order valence-corrected chi connectivity index (χ2v) is 4.60. The highest BCUT2D eigenvalue weighted by molar-refractivity contribution is 8.00. The number of hydrogen-bond acceptors (Lipinski definition) is 4. The van der Waals surface area contributed by atoms with Crippen LogP contribution in [-0.4, -0.2) is 54.7 Å². The van der Waals surface area contributed by atoms with Gasteiger partial charge in [0.1, 0.15) is 0 Å². The van der Waals surface area contributed by atoms with Crippen LogP contribution in [0.25, 0.3) is 0 Å². The van der Waals surface area contributed by atoms with Gasteiger partial charge >= 0.3 is 0 Å². The Morgan fingerprint density at radius 2 is 2.21 bits per heavy atom. The van der Waals surface area contributed by atoms with Crippen LogP contribution in [0.1, 0.15) is 6.92 Å². The lowest BCUT2D eigenvalue weighted by atomic mass is 10.3. The van der Waals surface area contributed by atoms with Crippen LogP contribution in [0.3, 0.4) is 0 Å². The third-order valence-electron chi connectivity index (χ3n) is 2.18. The molecule has 82 valence electrons. The first-order valence-electron chi connectivity index (χ1n) is 4.97. The van der Waals surface area contributed by atoms with E-state index >= 15 is 0 Å². The number of thioether (sulfide) groups is 1. The van der Waals surface area contributed by atoms with Gasteiger partial charge in [-0.3, -0.25) is 4.79 Å². The molecule has 1 amide bonds. The molecular weight excluding hydrogens is 200 g/mol. The average molecular weight is 218 g/mol. The summed E-state index contributed by atoms with van der Waals surface area (Å²) >= 11 is 1.62. The fourth-order valence-electron chi connectivity index (χ4n) is 1.43. The number of rotatable bonds is 4. The summed E-state index contributed by atoms with van der Waals surface area (Å²) in [5.41, 5.74) is 5.57. The zero-order chi connectivity index (χ0) is 10.4. The van der Waals surface area contributed by atoms with Gasteiger partial charge in [0, 0.05) is 19.6 Å². The topological polar surface area (TPSA) is 55.6 Å². The Morgan fingerprint density at radius 1 is 1.57 bits per heavy atom. The van der Waals surface area contributed by atoms with E-state index in [9.17, 15) is 4.79 Å². The van der Waals surface area contributed by atoms with Crippen molar-refractivity contribution in [3.63, 3.8) is 0 Å². The molecule has 1 aliphatic heterocycles. The van der Waals surface area contributed by atoms with Crippen molar-refractivity contribution in [2.24, 2.45) is 5.73 Å². The minimum Gasteiger partial charge on any atom is -0.378 e. The Balaban J connectivity index is 2.43. The van der Waals surface area contributed by atoms with E-state index in [0.29, 0.717) is 32.8 Å². The Kier molecular flexibility index (Phi) is 5.29. The third kappa shape index (κ3) is 3.15. The Labute approximate surface area is 89.2 Å². The van der Waals surface area contributed by atoms with E-state index in [0.717, 1.165) is 5.75 Å². The molecule has 0 aromatic rings. The molecule has 1 unspecified atom stereocenters. The molecular formula is C9H18N2O2S. The van der Waals surface area contributed by atoms with Gasteiger partial charge in [-0.15, -0.1) is 11.8 Å². The largest absolute Gasteiger partial charge is 0.378 e. The van der Waals surface area contributed by atoms with Crippen LogP contribution in [0.4, 0.5) is 0 Å². The van der Waals surface area contributed by atoms with Gasteiger partial charge < -0.3 is 15.4 Å². The standard InChI is InChI=1S/C9H18N2O2S/c1-2-14-8(7-10)9(12)11-3-5-13-6-4-11/h8H,2-7,10H2,1H3. The second kappa shape index (κ2) is 6.27. The Morgan fingerprint density at radius 3 is 2.71 bits per heavy atom. The molecule has 0 aromatic carbocycles. The highest BCUT2D eigenvalue weighted by atomic mass is 32.2. The summed E-state index contributed by atoms with van der Waals surface area (Å²) in [6.45, 7) is 5.19. The first-order valence-corrected chi connectivity index (χ1v) is 6.02. The van der Waals surface area contributed by atoms with E-state index in [1.54, 1.807) is 11.8 Å². The van der Waals surface area contributed by atoms with E-state index < -0.39 is 0 Å². The number of carbonyl (C=O) groups is 1. The zero-order valence-corrected chi connectivity index (χ0v) is 9.39. The maximum Gasteiger partial charge on any atom is 0.237 e. The van der Waals surface area contributed by atoms with Crippen LogP contribution in [0.5, 0.6) is 0 Å². The van der Waals surface area contributed by atoms with Crippen LogP contribution in [-0.2, 0) is 9.53 Å². The number of ether oxygens (including phenoxy) is 1. The number of amides is 1. The number of nitrogens with zero attached hydrogens (tertiary/aromatic N) is 1. The summed E-state index contributed by atoms with van der Waals surface area (Å²) in [7, 11) is 0. The SMILES string of the molecule is CCSC(CN)C(=O)N1CCOCC1. The normalized spacial score (nSPS) is 19.4. The minimum atomic E-state index is -0.0712. The summed E-state index contributed by atoms with van der Waals surface area (Å²) in [5.74, 6) is 1.10. The molecule has 1 atom stereocenters. The van der Waals surface area contributed by atoms with Crippen molar-refractivity contribution in [3.05, 3.63) is 0 Å². The number of morpholine rings is 1. The van der Waals surface area contributed by atoms with Crippen molar-refractivity contribution in [1.29, 1.82) is 0 Å². The molecule has 1 saturated heterocycles. The highest BCUT2D eigenvalue weighted by Crippen LogP contribution is 2.13. The van der Waals surface area contributed by atoms with E-state index in [1.807, 2.05) is 11.8 Å². The molecule has 1 rings (SSSR count). The monoisotopic (exact) mass is 218 g/mol. The molecule has 1 aliphatic rings.